The lowest BCUT2D eigenvalue weighted by molar-refractivity contribution is -0.133. The highest BCUT2D eigenvalue weighted by Gasteiger charge is 2.44. The fraction of sp³-hybridized carbons (Fsp3) is 0.440. The van der Waals surface area contributed by atoms with Crippen molar-refractivity contribution in [2.45, 2.75) is 36.6 Å². The molecule has 1 aliphatic heterocycles. The number of thioether (sulfide) groups is 1. The smallest absolute Gasteiger partial charge is 0.254 e. The van der Waals surface area contributed by atoms with Crippen LogP contribution in [0.4, 0.5) is 0 Å². The molecule has 0 spiro atoms. The Morgan fingerprint density at radius 2 is 1.75 bits per heavy atom. The number of nitrogens with zero attached hydrogens (tertiary/aromatic N) is 2. The van der Waals surface area contributed by atoms with Crippen molar-refractivity contribution in [1.29, 1.82) is 0 Å². The number of fused-ring (bicyclic) bond motifs is 1. The Hall–Kier alpha value is -2.67. The zero-order valence-corrected chi connectivity index (χ0v) is 20.5. The first-order valence-corrected chi connectivity index (χ1v) is 12.0. The number of rotatable bonds is 8. The molecule has 0 saturated heterocycles. The molecule has 0 aromatic heterocycles. The van der Waals surface area contributed by atoms with Crippen molar-refractivity contribution >= 4 is 23.6 Å². The predicted molar refractivity (Wildman–Crippen MR) is 128 cm³/mol. The van der Waals surface area contributed by atoms with Gasteiger partial charge in [-0.25, -0.2) is 0 Å². The van der Waals surface area contributed by atoms with Crippen molar-refractivity contribution in [2.75, 3.05) is 41.1 Å². The van der Waals surface area contributed by atoms with Crippen LogP contribution in [0.25, 0.3) is 0 Å². The molecule has 2 unspecified atom stereocenters. The molecule has 2 atom stereocenters. The summed E-state index contributed by atoms with van der Waals surface area (Å²) in [6.45, 7) is 2.78. The first-order valence-electron chi connectivity index (χ1n) is 10.8. The summed E-state index contributed by atoms with van der Waals surface area (Å²) >= 11 is 1.66. The van der Waals surface area contributed by atoms with Gasteiger partial charge in [-0.15, -0.1) is 11.8 Å². The van der Waals surface area contributed by atoms with Crippen molar-refractivity contribution in [2.24, 2.45) is 0 Å². The van der Waals surface area contributed by atoms with E-state index in [1.807, 2.05) is 37.6 Å². The number of likely N-dealkylation sites (N-methyl/N-ethyl adjacent to an activating group) is 2. The van der Waals surface area contributed by atoms with E-state index < -0.39 is 12.0 Å². The molecule has 2 aromatic carbocycles. The SMILES string of the molecule is CCCCN(C)C(=O)C1c2cc(OC)c(OC)cc2C(=O)N(C)C1c1ccc(SC)cc1. The van der Waals surface area contributed by atoms with E-state index >= 15 is 0 Å². The summed E-state index contributed by atoms with van der Waals surface area (Å²) in [6.07, 6.45) is 3.95. The molecule has 172 valence electrons. The minimum absolute atomic E-state index is 0.00906. The number of methoxy groups -OCH3 is 2. The van der Waals surface area contributed by atoms with Gasteiger partial charge < -0.3 is 19.3 Å². The molecule has 1 aliphatic rings. The lowest BCUT2D eigenvalue weighted by Gasteiger charge is -2.41. The quantitative estimate of drug-likeness (QED) is 0.544. The van der Waals surface area contributed by atoms with Crippen molar-refractivity contribution in [3.8, 4) is 11.5 Å². The summed E-state index contributed by atoms with van der Waals surface area (Å²) in [6, 6.07) is 11.2. The summed E-state index contributed by atoms with van der Waals surface area (Å²) in [5.74, 6) is 0.287. The van der Waals surface area contributed by atoms with Gasteiger partial charge in [-0.2, -0.15) is 0 Å². The van der Waals surface area contributed by atoms with Crippen LogP contribution in [0.1, 0.15) is 53.2 Å². The van der Waals surface area contributed by atoms with Crippen molar-refractivity contribution < 1.29 is 19.1 Å². The fourth-order valence-electron chi connectivity index (χ4n) is 4.28. The maximum Gasteiger partial charge on any atom is 0.254 e. The maximum atomic E-state index is 13.8. The number of ether oxygens (including phenoxy) is 2. The van der Waals surface area contributed by atoms with E-state index in [0.717, 1.165) is 23.3 Å². The molecule has 3 rings (SSSR count). The van der Waals surface area contributed by atoms with Gasteiger partial charge in [0, 0.05) is 31.1 Å². The van der Waals surface area contributed by atoms with Crippen LogP contribution in [-0.4, -0.2) is 62.7 Å². The van der Waals surface area contributed by atoms with Crippen LogP contribution in [0.5, 0.6) is 11.5 Å². The van der Waals surface area contributed by atoms with E-state index in [-0.39, 0.29) is 11.8 Å². The summed E-state index contributed by atoms with van der Waals surface area (Å²) < 4.78 is 10.9. The summed E-state index contributed by atoms with van der Waals surface area (Å²) in [7, 11) is 6.70. The Bertz CT molecular complexity index is 977. The first kappa shape index (κ1) is 24.0. The Morgan fingerprint density at radius 3 is 2.31 bits per heavy atom. The Labute approximate surface area is 194 Å². The highest BCUT2D eigenvalue weighted by molar-refractivity contribution is 7.98. The molecule has 7 heteroatoms. The van der Waals surface area contributed by atoms with E-state index in [9.17, 15) is 9.59 Å². The second kappa shape index (κ2) is 10.3. The van der Waals surface area contributed by atoms with Gasteiger partial charge >= 0.3 is 0 Å². The van der Waals surface area contributed by atoms with Crippen LogP contribution in [0, 0.1) is 0 Å². The number of amides is 2. The monoisotopic (exact) mass is 456 g/mol. The molecule has 32 heavy (non-hydrogen) atoms. The van der Waals surface area contributed by atoms with Crippen LogP contribution >= 0.6 is 11.8 Å². The third-order valence-corrected chi connectivity index (χ3v) is 6.86. The average molecular weight is 457 g/mol. The number of hydrogen-bond donors (Lipinski definition) is 0. The summed E-state index contributed by atoms with van der Waals surface area (Å²) in [4.78, 5) is 31.8. The van der Waals surface area contributed by atoms with Crippen molar-refractivity contribution in [3.05, 3.63) is 53.1 Å². The summed E-state index contributed by atoms with van der Waals surface area (Å²) in [5.41, 5.74) is 2.09. The molecular weight excluding hydrogens is 424 g/mol. The molecule has 0 fully saturated rings. The molecule has 0 radical (unpaired) electrons. The normalized spacial score (nSPS) is 17.7. The maximum absolute atomic E-state index is 13.8. The van der Waals surface area contributed by atoms with Crippen LogP contribution in [0.15, 0.2) is 41.3 Å². The molecular formula is C25H32N2O4S. The van der Waals surface area contributed by atoms with E-state index in [2.05, 4.69) is 6.92 Å². The molecule has 0 aliphatic carbocycles. The van der Waals surface area contributed by atoms with Gasteiger partial charge in [-0.1, -0.05) is 25.5 Å². The number of benzene rings is 2. The van der Waals surface area contributed by atoms with Gasteiger partial charge in [0.25, 0.3) is 5.91 Å². The topological polar surface area (TPSA) is 59.1 Å². The van der Waals surface area contributed by atoms with E-state index in [1.54, 1.807) is 55.0 Å². The first-order chi connectivity index (χ1) is 15.4. The van der Waals surface area contributed by atoms with Crippen LogP contribution < -0.4 is 9.47 Å². The zero-order valence-electron chi connectivity index (χ0n) is 19.7. The van der Waals surface area contributed by atoms with Gasteiger partial charge in [0.05, 0.1) is 26.2 Å². The van der Waals surface area contributed by atoms with E-state index in [0.29, 0.717) is 29.2 Å². The number of carbonyl (C=O) groups is 2. The minimum Gasteiger partial charge on any atom is -0.493 e. The number of hydrogen-bond acceptors (Lipinski definition) is 5. The van der Waals surface area contributed by atoms with Gasteiger partial charge in [0.2, 0.25) is 5.91 Å². The Morgan fingerprint density at radius 1 is 1.12 bits per heavy atom. The molecule has 2 amide bonds. The van der Waals surface area contributed by atoms with E-state index in [1.165, 1.54) is 0 Å². The second-order valence-electron chi connectivity index (χ2n) is 8.02. The van der Waals surface area contributed by atoms with Gasteiger partial charge in [0.1, 0.15) is 0 Å². The third kappa shape index (κ3) is 4.44. The minimum atomic E-state index is -0.547. The molecule has 2 aromatic rings. The lowest BCUT2D eigenvalue weighted by atomic mass is 9.79. The molecule has 0 N–H and O–H groups in total. The molecule has 0 saturated carbocycles. The Balaban J connectivity index is 2.19. The van der Waals surface area contributed by atoms with Crippen molar-refractivity contribution in [1.82, 2.24) is 9.80 Å². The summed E-state index contributed by atoms with van der Waals surface area (Å²) in [5, 5.41) is 0. The van der Waals surface area contributed by atoms with Gasteiger partial charge in [0.15, 0.2) is 11.5 Å². The predicted octanol–water partition coefficient (Wildman–Crippen LogP) is 4.59. The standard InChI is InChI=1S/C25H32N2O4S/c1-7-8-13-26(2)25(29)22-18-14-20(30-4)21(31-5)15-19(18)24(28)27(3)23(22)16-9-11-17(32-6)12-10-16/h9-12,14-15,22-23H,7-8,13H2,1-6H3. The molecule has 1 heterocycles. The van der Waals surface area contributed by atoms with E-state index in [4.69, 9.17) is 9.47 Å². The van der Waals surface area contributed by atoms with Crippen LogP contribution in [0.3, 0.4) is 0 Å². The zero-order chi connectivity index (χ0) is 23.4. The van der Waals surface area contributed by atoms with Gasteiger partial charge in [-0.3, -0.25) is 9.59 Å². The lowest BCUT2D eigenvalue weighted by Crippen LogP contribution is -2.46. The van der Waals surface area contributed by atoms with Crippen LogP contribution in [-0.2, 0) is 4.79 Å². The molecule has 0 bridgehead atoms. The largest absolute Gasteiger partial charge is 0.493 e. The average Bonchev–Trinajstić information content (AvgIpc) is 2.83. The fourth-order valence-corrected chi connectivity index (χ4v) is 4.68. The Kier molecular flexibility index (Phi) is 7.72. The number of carbonyl (C=O) groups excluding carboxylic acids is 2. The number of unbranched alkanes of at least 4 members (excludes halogenated alkanes) is 1. The highest BCUT2D eigenvalue weighted by atomic mass is 32.2. The molecule has 6 nitrogen and oxygen atoms in total. The highest BCUT2D eigenvalue weighted by Crippen LogP contribution is 2.46. The third-order valence-electron chi connectivity index (χ3n) is 6.12. The van der Waals surface area contributed by atoms with Gasteiger partial charge in [-0.05, 0) is 48.1 Å². The van der Waals surface area contributed by atoms with Crippen LogP contribution in [0.2, 0.25) is 0 Å². The second-order valence-corrected chi connectivity index (χ2v) is 8.90. The van der Waals surface area contributed by atoms with Crippen molar-refractivity contribution in [3.63, 3.8) is 0 Å².